The topological polar surface area (TPSA) is 104 Å². The maximum absolute atomic E-state index is 13.5. The van der Waals surface area contributed by atoms with Crippen LogP contribution in [0, 0.1) is 5.82 Å². The van der Waals surface area contributed by atoms with Crippen LogP contribution in [0.5, 0.6) is 0 Å². The van der Waals surface area contributed by atoms with Gasteiger partial charge in [-0.3, -0.25) is 9.59 Å². The monoisotopic (exact) mass is 547 g/mol. The Labute approximate surface area is 227 Å². The molecule has 4 aromatic rings. The van der Waals surface area contributed by atoms with Crippen LogP contribution in [-0.4, -0.2) is 31.8 Å². The van der Waals surface area contributed by atoms with Crippen LogP contribution in [0.4, 0.5) is 10.1 Å². The normalized spacial score (nSPS) is 12.6. The molecule has 0 heterocycles. The molecule has 7 nitrogen and oxygen atoms in total. The lowest BCUT2D eigenvalue weighted by molar-refractivity contribution is -0.118. The van der Waals surface area contributed by atoms with Gasteiger partial charge in [0.1, 0.15) is 11.9 Å². The van der Waals surface area contributed by atoms with E-state index in [0.29, 0.717) is 16.5 Å². The van der Waals surface area contributed by atoms with Crippen LogP contribution in [0.15, 0.2) is 95.9 Å². The van der Waals surface area contributed by atoms with E-state index in [4.69, 9.17) is 0 Å². The highest BCUT2D eigenvalue weighted by Gasteiger charge is 2.26. The van der Waals surface area contributed by atoms with Crippen molar-refractivity contribution < 1.29 is 22.4 Å². The Kier molecular flexibility index (Phi) is 8.13. The second kappa shape index (κ2) is 11.3. The Morgan fingerprint density at radius 3 is 2.13 bits per heavy atom. The quantitative estimate of drug-likeness (QED) is 0.288. The highest BCUT2D eigenvalue weighted by atomic mass is 32.2. The first-order valence-electron chi connectivity index (χ1n) is 12.4. The van der Waals surface area contributed by atoms with Gasteiger partial charge in [-0.1, -0.05) is 54.6 Å². The number of halogens is 1. The number of fused-ring (bicyclic) bond motifs is 1. The maximum atomic E-state index is 13.5. The number of anilines is 1. The molecule has 3 N–H and O–H groups in total. The number of carbonyl (C=O) groups excluding carboxylic acids is 2. The number of nitrogens with one attached hydrogen (secondary N) is 3. The molecule has 1 atom stereocenters. The van der Waals surface area contributed by atoms with E-state index in [9.17, 15) is 22.4 Å². The van der Waals surface area contributed by atoms with Crippen LogP contribution in [0.3, 0.4) is 0 Å². The average molecular weight is 548 g/mol. The highest BCUT2D eigenvalue weighted by molar-refractivity contribution is 7.89. The highest BCUT2D eigenvalue weighted by Crippen LogP contribution is 2.29. The van der Waals surface area contributed by atoms with Crippen molar-refractivity contribution in [2.45, 2.75) is 43.7 Å². The average Bonchev–Trinajstić information content (AvgIpc) is 2.87. The molecule has 4 rings (SSSR count). The molecular formula is C30H30FN3O4S. The molecule has 0 radical (unpaired) electrons. The van der Waals surface area contributed by atoms with Gasteiger partial charge < -0.3 is 10.6 Å². The minimum absolute atomic E-state index is 0.0940. The van der Waals surface area contributed by atoms with Crippen LogP contribution in [-0.2, 0) is 21.2 Å². The van der Waals surface area contributed by atoms with Crippen molar-refractivity contribution in [2.24, 2.45) is 0 Å². The van der Waals surface area contributed by atoms with Gasteiger partial charge in [-0.25, -0.2) is 17.5 Å². The first kappa shape index (κ1) is 27.9. The molecule has 9 heteroatoms. The third-order valence-electron chi connectivity index (χ3n) is 5.88. The molecule has 1 unspecified atom stereocenters. The van der Waals surface area contributed by atoms with Crippen LogP contribution in [0.1, 0.15) is 36.7 Å². The fourth-order valence-electron chi connectivity index (χ4n) is 4.20. The zero-order valence-electron chi connectivity index (χ0n) is 21.9. The van der Waals surface area contributed by atoms with Gasteiger partial charge in [-0.05, 0) is 62.7 Å². The number of amides is 2. The lowest BCUT2D eigenvalue weighted by atomic mass is 10.0. The fourth-order valence-corrected chi connectivity index (χ4v) is 5.85. The molecule has 0 saturated heterocycles. The van der Waals surface area contributed by atoms with E-state index in [1.165, 1.54) is 30.3 Å². The zero-order valence-corrected chi connectivity index (χ0v) is 22.7. The first-order valence-corrected chi connectivity index (χ1v) is 13.9. The predicted octanol–water partition coefficient (Wildman–Crippen LogP) is 5.04. The lowest BCUT2D eigenvalue weighted by Crippen LogP contribution is -2.45. The summed E-state index contributed by atoms with van der Waals surface area (Å²) in [6.07, 6.45) is 0.208. The number of carbonyl (C=O) groups is 2. The Balaban J connectivity index is 1.65. The zero-order chi connectivity index (χ0) is 28.2. The van der Waals surface area contributed by atoms with Crippen molar-refractivity contribution in [1.82, 2.24) is 10.0 Å². The fraction of sp³-hybridized carbons (Fsp3) is 0.200. The molecule has 0 spiro atoms. The summed E-state index contributed by atoms with van der Waals surface area (Å²) in [5.41, 5.74) is 0.768. The second-order valence-corrected chi connectivity index (χ2v) is 11.9. The van der Waals surface area contributed by atoms with Crippen LogP contribution in [0.25, 0.3) is 10.8 Å². The van der Waals surface area contributed by atoms with Gasteiger partial charge >= 0.3 is 0 Å². The van der Waals surface area contributed by atoms with Gasteiger partial charge in [0.15, 0.2) is 0 Å². The SMILES string of the molecule is CC(C)(C)NS(=O)(=O)c1cccc2c(NC(=O)C(Cc3ccccc3)NC(=O)c3ccc(F)cc3)cccc12. The third-order valence-corrected chi connectivity index (χ3v) is 7.70. The Bertz CT molecular complexity index is 1600. The minimum atomic E-state index is -3.84. The molecular weight excluding hydrogens is 517 g/mol. The van der Waals surface area contributed by atoms with Gasteiger partial charge in [0.25, 0.3) is 5.91 Å². The number of hydrogen-bond donors (Lipinski definition) is 3. The number of rotatable bonds is 8. The van der Waals surface area contributed by atoms with E-state index in [2.05, 4.69) is 15.4 Å². The Morgan fingerprint density at radius 2 is 1.46 bits per heavy atom. The van der Waals surface area contributed by atoms with Crippen molar-refractivity contribution >= 4 is 38.3 Å². The van der Waals surface area contributed by atoms with Crippen molar-refractivity contribution in [2.75, 3.05) is 5.32 Å². The molecule has 0 bridgehead atoms. The molecule has 39 heavy (non-hydrogen) atoms. The van der Waals surface area contributed by atoms with Crippen LogP contribution in [0.2, 0.25) is 0 Å². The van der Waals surface area contributed by atoms with Crippen molar-refractivity contribution in [3.05, 3.63) is 108 Å². The largest absolute Gasteiger partial charge is 0.340 e. The molecule has 0 fully saturated rings. The third kappa shape index (κ3) is 7.07. The van der Waals surface area contributed by atoms with Gasteiger partial charge in [0, 0.05) is 34.0 Å². The standard InChI is InChI=1S/C30H30FN3O4S/c1-30(2,3)34-39(37,38)27-14-8-11-23-24(27)12-7-13-25(23)32-29(36)26(19-20-9-5-4-6-10-20)33-28(35)21-15-17-22(31)18-16-21/h4-18,26,34H,19H2,1-3H3,(H,32,36)(H,33,35). The molecule has 202 valence electrons. The van der Waals surface area contributed by atoms with Crippen LogP contribution < -0.4 is 15.4 Å². The number of sulfonamides is 1. The van der Waals surface area contributed by atoms with E-state index in [1.807, 2.05) is 30.3 Å². The van der Waals surface area contributed by atoms with Gasteiger partial charge in [-0.2, -0.15) is 0 Å². The van der Waals surface area contributed by atoms with Gasteiger partial charge in [0.05, 0.1) is 4.90 Å². The number of hydrogen-bond acceptors (Lipinski definition) is 4. The summed E-state index contributed by atoms with van der Waals surface area (Å²) in [5, 5.41) is 6.60. The molecule has 4 aromatic carbocycles. The summed E-state index contributed by atoms with van der Waals surface area (Å²) in [5.74, 6) is -1.48. The van der Waals surface area contributed by atoms with Crippen molar-refractivity contribution in [3.8, 4) is 0 Å². The van der Waals surface area contributed by atoms with Crippen molar-refractivity contribution in [3.63, 3.8) is 0 Å². The molecule has 0 aliphatic carbocycles. The summed E-state index contributed by atoms with van der Waals surface area (Å²) in [6, 6.07) is 23.2. The first-order chi connectivity index (χ1) is 18.4. The van der Waals surface area contributed by atoms with Crippen LogP contribution >= 0.6 is 0 Å². The molecule has 0 aliphatic heterocycles. The predicted molar refractivity (Wildman–Crippen MR) is 150 cm³/mol. The summed E-state index contributed by atoms with van der Waals surface area (Å²) in [6.45, 7) is 5.28. The molecule has 0 aromatic heterocycles. The van der Waals surface area contributed by atoms with Gasteiger partial charge in [-0.15, -0.1) is 0 Å². The summed E-state index contributed by atoms with van der Waals surface area (Å²) >= 11 is 0. The summed E-state index contributed by atoms with van der Waals surface area (Å²) < 4.78 is 42.2. The molecule has 0 saturated carbocycles. The van der Waals surface area contributed by atoms with E-state index >= 15 is 0 Å². The smallest absolute Gasteiger partial charge is 0.251 e. The van der Waals surface area contributed by atoms with E-state index in [-0.39, 0.29) is 16.9 Å². The van der Waals surface area contributed by atoms with E-state index in [1.54, 1.807) is 51.1 Å². The van der Waals surface area contributed by atoms with Crippen molar-refractivity contribution in [1.29, 1.82) is 0 Å². The van der Waals surface area contributed by atoms with E-state index < -0.39 is 39.2 Å². The maximum Gasteiger partial charge on any atom is 0.251 e. The Hall–Kier alpha value is -4.08. The minimum Gasteiger partial charge on any atom is -0.340 e. The number of benzene rings is 4. The summed E-state index contributed by atoms with van der Waals surface area (Å²) in [7, 11) is -3.84. The Morgan fingerprint density at radius 1 is 0.821 bits per heavy atom. The second-order valence-electron chi connectivity index (χ2n) is 10.2. The van der Waals surface area contributed by atoms with E-state index in [0.717, 1.165) is 5.56 Å². The lowest BCUT2D eigenvalue weighted by Gasteiger charge is -2.22. The van der Waals surface area contributed by atoms with Gasteiger partial charge in [0.2, 0.25) is 15.9 Å². The molecule has 2 amide bonds. The molecule has 0 aliphatic rings. The summed E-state index contributed by atoms with van der Waals surface area (Å²) in [4.78, 5) is 26.5.